The Labute approximate surface area is 179 Å². The highest BCUT2D eigenvalue weighted by molar-refractivity contribution is 5.98. The highest BCUT2D eigenvalue weighted by atomic mass is 16.3. The second-order valence-electron chi connectivity index (χ2n) is 7.05. The van der Waals surface area contributed by atoms with E-state index in [-0.39, 0.29) is 35.8 Å². The van der Waals surface area contributed by atoms with E-state index < -0.39 is 0 Å². The summed E-state index contributed by atoms with van der Waals surface area (Å²) < 4.78 is 3.48. The third-order valence-electron chi connectivity index (χ3n) is 5.11. The van der Waals surface area contributed by atoms with Gasteiger partial charge in [0.05, 0.1) is 18.7 Å². The molecule has 0 aliphatic carbocycles. The van der Waals surface area contributed by atoms with Gasteiger partial charge in [-0.25, -0.2) is 4.68 Å². The van der Waals surface area contributed by atoms with E-state index in [0.717, 1.165) is 16.5 Å². The minimum atomic E-state index is -0.172. The van der Waals surface area contributed by atoms with Gasteiger partial charge in [0.1, 0.15) is 29.2 Å². The van der Waals surface area contributed by atoms with Gasteiger partial charge in [-0.1, -0.05) is 48.5 Å². The van der Waals surface area contributed by atoms with Crippen LogP contribution in [0.2, 0.25) is 0 Å². The molecule has 0 spiro atoms. The summed E-state index contributed by atoms with van der Waals surface area (Å²) in [7, 11) is 0. The molecule has 0 amide bonds. The molecular weight excluding hydrogens is 388 g/mol. The van der Waals surface area contributed by atoms with Crippen LogP contribution in [0.4, 0.5) is 5.82 Å². The maximum absolute atomic E-state index is 9.83. The van der Waals surface area contributed by atoms with Gasteiger partial charge in [0, 0.05) is 29.2 Å². The predicted molar refractivity (Wildman–Crippen MR) is 119 cm³/mol. The number of nitriles is 2. The minimum Gasteiger partial charge on any atom is -0.394 e. The van der Waals surface area contributed by atoms with Crippen molar-refractivity contribution < 1.29 is 5.11 Å². The predicted octanol–water partition coefficient (Wildman–Crippen LogP) is 3.40. The number of hydrogen-bond acceptors (Lipinski definition) is 5. The fraction of sp³-hybridized carbons (Fsp3) is 0.125. The Morgan fingerprint density at radius 3 is 2.55 bits per heavy atom. The van der Waals surface area contributed by atoms with Gasteiger partial charge in [-0.3, -0.25) is 0 Å². The Morgan fingerprint density at radius 1 is 1.10 bits per heavy atom. The Hall–Kier alpha value is -4.33. The molecule has 7 nitrogen and oxygen atoms in total. The molecule has 0 fully saturated rings. The number of nitrogens with two attached hydrogens (primary N) is 1. The van der Waals surface area contributed by atoms with E-state index in [4.69, 9.17) is 5.73 Å². The Bertz CT molecular complexity index is 1350. The Balaban J connectivity index is 1.83. The van der Waals surface area contributed by atoms with Gasteiger partial charge >= 0.3 is 0 Å². The number of anilines is 1. The van der Waals surface area contributed by atoms with E-state index in [0.29, 0.717) is 6.54 Å². The number of fused-ring (bicyclic) bond motifs is 1. The van der Waals surface area contributed by atoms with Gasteiger partial charge in [0.2, 0.25) is 0 Å². The summed E-state index contributed by atoms with van der Waals surface area (Å²) in [5.74, 6) is 0.138. The highest BCUT2D eigenvalue weighted by Crippen LogP contribution is 2.29. The van der Waals surface area contributed by atoms with Crippen LogP contribution in [0.25, 0.3) is 22.6 Å². The summed E-state index contributed by atoms with van der Waals surface area (Å²) in [6.45, 7) is 0.670. The number of benzene rings is 2. The van der Waals surface area contributed by atoms with Crippen molar-refractivity contribution in [3.8, 4) is 12.1 Å². The van der Waals surface area contributed by atoms with Crippen LogP contribution in [0.5, 0.6) is 0 Å². The van der Waals surface area contributed by atoms with Crippen LogP contribution < -0.4 is 5.73 Å². The van der Waals surface area contributed by atoms with Crippen LogP contribution in [0.3, 0.4) is 0 Å². The average Bonchev–Trinajstić information content (AvgIpc) is 3.30. The minimum absolute atomic E-state index is 0.134. The zero-order valence-electron chi connectivity index (χ0n) is 16.7. The number of para-hydroxylation sites is 1. The lowest BCUT2D eigenvalue weighted by Crippen LogP contribution is -2.07. The number of nitrogens with zero attached hydrogens (tertiary/aromatic N) is 5. The third-order valence-corrected chi connectivity index (χ3v) is 5.11. The fourth-order valence-electron chi connectivity index (χ4n) is 3.65. The zero-order valence-corrected chi connectivity index (χ0v) is 16.7. The maximum atomic E-state index is 9.83. The fourth-order valence-corrected chi connectivity index (χ4v) is 3.65. The smallest absolute Gasteiger partial charge is 0.140 e. The summed E-state index contributed by atoms with van der Waals surface area (Å²) >= 11 is 0. The van der Waals surface area contributed by atoms with Gasteiger partial charge in [-0.15, -0.1) is 0 Å². The Kier molecular flexibility index (Phi) is 5.53. The SMILES string of the molecule is N#C/C(=C\c1cn(Cc2ccccc2)c2ccccc12)c1nn(CCO)c(N)c1C#N. The normalized spacial score (nSPS) is 11.4. The van der Waals surface area contributed by atoms with E-state index in [9.17, 15) is 15.6 Å². The molecule has 2 aromatic heterocycles. The molecule has 7 heteroatoms. The van der Waals surface area contributed by atoms with Crippen LogP contribution >= 0.6 is 0 Å². The number of aromatic nitrogens is 3. The Morgan fingerprint density at radius 2 is 1.84 bits per heavy atom. The summed E-state index contributed by atoms with van der Waals surface area (Å²) in [5, 5.41) is 33.9. The molecule has 4 aromatic rings. The number of hydrogen-bond donors (Lipinski definition) is 2. The molecule has 2 heterocycles. The lowest BCUT2D eigenvalue weighted by atomic mass is 10.1. The van der Waals surface area contributed by atoms with Crippen molar-refractivity contribution in [2.75, 3.05) is 12.3 Å². The van der Waals surface area contributed by atoms with Gasteiger partial charge in [0.25, 0.3) is 0 Å². The summed E-state index contributed by atoms with van der Waals surface area (Å²) in [6.07, 6.45) is 3.73. The number of rotatable bonds is 6. The van der Waals surface area contributed by atoms with Gasteiger partial charge in [-0.05, 0) is 17.7 Å². The summed E-state index contributed by atoms with van der Waals surface area (Å²) in [5.41, 5.74) is 9.64. The molecule has 0 bridgehead atoms. The van der Waals surface area contributed by atoms with Crippen LogP contribution in [-0.2, 0) is 13.1 Å². The van der Waals surface area contributed by atoms with Crippen LogP contribution in [0, 0.1) is 22.7 Å². The lowest BCUT2D eigenvalue weighted by Gasteiger charge is -2.05. The number of aliphatic hydroxyl groups excluding tert-OH is 1. The summed E-state index contributed by atoms with van der Waals surface area (Å²) in [4.78, 5) is 0. The van der Waals surface area contributed by atoms with Crippen molar-refractivity contribution in [3.05, 3.63) is 83.2 Å². The van der Waals surface area contributed by atoms with Crippen LogP contribution in [0.1, 0.15) is 22.4 Å². The molecule has 3 N–H and O–H groups in total. The molecule has 0 saturated carbocycles. The van der Waals surface area contributed by atoms with Crippen molar-refractivity contribution in [2.45, 2.75) is 13.1 Å². The molecule has 0 radical (unpaired) electrons. The standard InChI is InChI=1S/C24H20N6O/c25-13-18(23-21(14-26)24(27)30(28-23)10-11-31)12-19-16-29(15-17-6-2-1-3-7-17)22-9-5-4-8-20(19)22/h1-9,12,16,31H,10-11,15,27H2/b18-12+. The number of aliphatic hydroxyl groups is 1. The molecule has 0 atom stereocenters. The quantitative estimate of drug-likeness (QED) is 0.474. The largest absolute Gasteiger partial charge is 0.394 e. The number of allylic oxidation sites excluding steroid dienone is 1. The lowest BCUT2D eigenvalue weighted by molar-refractivity contribution is 0.270. The van der Waals surface area contributed by atoms with Crippen molar-refractivity contribution >= 4 is 28.4 Å². The van der Waals surface area contributed by atoms with E-state index in [2.05, 4.69) is 27.9 Å². The second kappa shape index (κ2) is 8.58. The first-order valence-corrected chi connectivity index (χ1v) is 9.77. The van der Waals surface area contributed by atoms with Gasteiger partial charge in [0.15, 0.2) is 0 Å². The highest BCUT2D eigenvalue weighted by Gasteiger charge is 2.19. The molecule has 31 heavy (non-hydrogen) atoms. The zero-order chi connectivity index (χ0) is 21.8. The van der Waals surface area contributed by atoms with Crippen molar-refractivity contribution in [2.24, 2.45) is 0 Å². The molecular formula is C24H20N6O. The first-order valence-electron chi connectivity index (χ1n) is 9.77. The molecule has 0 unspecified atom stereocenters. The van der Waals surface area contributed by atoms with E-state index in [1.807, 2.05) is 54.7 Å². The molecule has 152 valence electrons. The first kappa shape index (κ1) is 20.0. The van der Waals surface area contributed by atoms with Gasteiger partial charge in [-0.2, -0.15) is 15.6 Å². The third kappa shape index (κ3) is 3.78. The van der Waals surface area contributed by atoms with Crippen molar-refractivity contribution in [1.29, 1.82) is 10.5 Å². The monoisotopic (exact) mass is 408 g/mol. The molecule has 0 saturated heterocycles. The first-order chi connectivity index (χ1) is 15.2. The van der Waals surface area contributed by atoms with E-state index in [1.165, 1.54) is 10.2 Å². The maximum Gasteiger partial charge on any atom is 0.140 e. The second-order valence-corrected chi connectivity index (χ2v) is 7.05. The average molecular weight is 408 g/mol. The van der Waals surface area contributed by atoms with Gasteiger partial charge < -0.3 is 15.4 Å². The van der Waals surface area contributed by atoms with E-state index in [1.54, 1.807) is 6.08 Å². The van der Waals surface area contributed by atoms with Crippen molar-refractivity contribution in [1.82, 2.24) is 14.3 Å². The topological polar surface area (TPSA) is 117 Å². The molecule has 2 aromatic carbocycles. The van der Waals surface area contributed by atoms with E-state index >= 15 is 0 Å². The van der Waals surface area contributed by atoms with Crippen LogP contribution in [0.15, 0.2) is 60.8 Å². The van der Waals surface area contributed by atoms with Crippen molar-refractivity contribution in [3.63, 3.8) is 0 Å². The number of nitrogen functional groups attached to an aromatic ring is 1. The molecule has 0 aliphatic heterocycles. The van der Waals surface area contributed by atoms with Crippen LogP contribution in [-0.4, -0.2) is 26.1 Å². The molecule has 0 aliphatic rings. The molecule has 4 rings (SSSR count). The summed E-state index contributed by atoms with van der Waals surface area (Å²) in [6, 6.07) is 22.3.